The van der Waals surface area contributed by atoms with Crippen molar-refractivity contribution in [1.82, 2.24) is 20.3 Å². The minimum atomic E-state index is -4.59. The van der Waals surface area contributed by atoms with Crippen LogP contribution in [0, 0.1) is 12.8 Å². The highest BCUT2D eigenvalue weighted by atomic mass is 32.2. The lowest BCUT2D eigenvalue weighted by atomic mass is 9.78. The van der Waals surface area contributed by atoms with Gasteiger partial charge in [-0.3, -0.25) is 4.79 Å². The van der Waals surface area contributed by atoms with E-state index in [1.807, 2.05) is 13.0 Å². The number of hydrogen-bond donors (Lipinski definition) is 4. The molecule has 1 saturated carbocycles. The minimum absolute atomic E-state index is 0.00580. The normalized spacial score (nSPS) is 19.0. The van der Waals surface area contributed by atoms with Crippen LogP contribution in [0.3, 0.4) is 0 Å². The number of thiazole rings is 1. The number of alkyl halides is 3. The lowest BCUT2D eigenvalue weighted by Gasteiger charge is -2.33. The summed E-state index contributed by atoms with van der Waals surface area (Å²) in [6, 6.07) is 12.2. The number of benzene rings is 2. The van der Waals surface area contributed by atoms with Crippen LogP contribution in [0.4, 0.5) is 24.8 Å². The topological polar surface area (TPSA) is 160 Å². The number of aryl methyl sites for hydroxylation is 1. The maximum absolute atomic E-state index is 13.1. The maximum atomic E-state index is 13.1. The highest BCUT2D eigenvalue weighted by Gasteiger charge is 2.39. The Morgan fingerprint density at radius 2 is 1.82 bits per heavy atom. The number of halogens is 3. The van der Waals surface area contributed by atoms with E-state index in [-0.39, 0.29) is 29.2 Å². The number of nitrogens with two attached hydrogens (primary N) is 1. The number of primary sulfonamides is 1. The molecule has 1 aliphatic carbocycles. The van der Waals surface area contributed by atoms with Gasteiger partial charge in [0, 0.05) is 30.5 Å². The zero-order chi connectivity index (χ0) is 31.7. The van der Waals surface area contributed by atoms with Crippen molar-refractivity contribution in [3.63, 3.8) is 0 Å². The van der Waals surface area contributed by atoms with Gasteiger partial charge in [-0.25, -0.2) is 28.5 Å². The van der Waals surface area contributed by atoms with Crippen LogP contribution in [0.5, 0.6) is 0 Å². The number of hydrogen-bond acceptors (Lipinski definition) is 9. The SMILES string of the molecule is Cc1cc(Nc2nccc(C(F)(F)F)n2)cc(-c2cnc(C3(O)CCC(C(=O)NCc4ccc(S(N)(=O)=O)cc4)CC3)s2)c1. The Balaban J connectivity index is 1.21. The van der Waals surface area contributed by atoms with Crippen LogP contribution in [-0.2, 0) is 33.1 Å². The Bertz CT molecular complexity index is 1770. The van der Waals surface area contributed by atoms with E-state index in [1.54, 1.807) is 30.5 Å². The van der Waals surface area contributed by atoms with Gasteiger partial charge in [-0.2, -0.15) is 13.2 Å². The summed E-state index contributed by atoms with van der Waals surface area (Å²) in [6.07, 6.45) is -0.304. The van der Waals surface area contributed by atoms with Crippen LogP contribution in [0.1, 0.15) is 47.5 Å². The van der Waals surface area contributed by atoms with Crippen molar-refractivity contribution in [2.45, 2.75) is 55.8 Å². The number of aliphatic hydroxyl groups is 1. The molecule has 44 heavy (non-hydrogen) atoms. The number of amides is 1. The van der Waals surface area contributed by atoms with E-state index in [0.29, 0.717) is 36.4 Å². The highest BCUT2D eigenvalue weighted by molar-refractivity contribution is 7.89. The Hall–Kier alpha value is -3.92. The Morgan fingerprint density at radius 3 is 2.48 bits per heavy atom. The second kappa shape index (κ2) is 12.2. The number of sulfonamides is 1. The molecule has 1 fully saturated rings. The summed E-state index contributed by atoms with van der Waals surface area (Å²) in [6.45, 7) is 2.08. The monoisotopic (exact) mass is 646 g/mol. The molecule has 4 aromatic rings. The molecule has 232 valence electrons. The summed E-state index contributed by atoms with van der Waals surface area (Å²) >= 11 is 1.32. The molecule has 0 spiro atoms. The molecule has 1 aliphatic rings. The van der Waals surface area contributed by atoms with Gasteiger partial charge in [-0.15, -0.1) is 11.3 Å². The molecule has 0 aliphatic heterocycles. The fourth-order valence-electron chi connectivity index (χ4n) is 5.03. The number of nitrogens with one attached hydrogen (secondary N) is 2. The molecule has 2 aromatic carbocycles. The van der Waals surface area contributed by atoms with E-state index in [1.165, 1.54) is 23.5 Å². The van der Waals surface area contributed by atoms with E-state index in [0.717, 1.165) is 33.8 Å². The number of nitrogens with zero attached hydrogens (tertiary/aromatic N) is 3. The first-order valence-electron chi connectivity index (χ1n) is 13.6. The molecule has 0 atom stereocenters. The smallest absolute Gasteiger partial charge is 0.383 e. The van der Waals surface area contributed by atoms with Gasteiger partial charge in [-0.1, -0.05) is 18.2 Å². The van der Waals surface area contributed by atoms with E-state index in [2.05, 4.69) is 25.6 Å². The van der Waals surface area contributed by atoms with Gasteiger partial charge in [-0.05, 0) is 79.6 Å². The Labute approximate surface area is 255 Å². The lowest BCUT2D eigenvalue weighted by Crippen LogP contribution is -2.38. The van der Waals surface area contributed by atoms with Gasteiger partial charge < -0.3 is 15.7 Å². The highest BCUT2D eigenvalue weighted by Crippen LogP contribution is 2.43. The van der Waals surface area contributed by atoms with Crippen LogP contribution >= 0.6 is 11.3 Å². The summed E-state index contributed by atoms with van der Waals surface area (Å²) < 4.78 is 62.0. The third-order valence-electron chi connectivity index (χ3n) is 7.37. The van der Waals surface area contributed by atoms with Crippen molar-refractivity contribution in [2.75, 3.05) is 5.32 Å². The first-order chi connectivity index (χ1) is 20.7. The van der Waals surface area contributed by atoms with Gasteiger partial charge in [0.15, 0.2) is 0 Å². The average Bonchev–Trinajstić information content (AvgIpc) is 3.47. The largest absolute Gasteiger partial charge is 0.433 e. The van der Waals surface area contributed by atoms with Crippen molar-refractivity contribution >= 4 is 38.9 Å². The summed E-state index contributed by atoms with van der Waals surface area (Å²) in [7, 11) is -3.79. The summed E-state index contributed by atoms with van der Waals surface area (Å²) in [4.78, 5) is 25.5. The van der Waals surface area contributed by atoms with E-state index in [9.17, 15) is 31.5 Å². The molecule has 2 heterocycles. The number of aromatic nitrogens is 3. The predicted octanol–water partition coefficient (Wildman–Crippen LogP) is 5.01. The Morgan fingerprint density at radius 1 is 1.11 bits per heavy atom. The first-order valence-corrected chi connectivity index (χ1v) is 15.9. The fourth-order valence-corrected chi connectivity index (χ4v) is 6.59. The molecular weight excluding hydrogens is 617 g/mol. The molecule has 0 radical (unpaired) electrons. The summed E-state index contributed by atoms with van der Waals surface area (Å²) in [5.74, 6) is -0.620. The van der Waals surface area contributed by atoms with Crippen molar-refractivity contribution < 1.29 is 31.5 Å². The number of anilines is 2. The lowest BCUT2D eigenvalue weighted by molar-refractivity contribution is -0.141. The molecule has 0 unspecified atom stereocenters. The third kappa shape index (κ3) is 7.41. The number of rotatable bonds is 8. The standard InChI is InChI=1S/C29H29F3N6O4S2/c1-17-12-20(14-21(13-17)37-27-34-11-8-24(38-27)29(30,31)32)23-16-36-26(43-23)28(40)9-6-19(7-10-28)25(39)35-15-18-2-4-22(5-3-18)44(33,41)42/h2-5,8,11-14,16,19,40H,6-7,9-10,15H2,1H3,(H,35,39)(H2,33,41,42)(H,34,37,38). The molecule has 5 rings (SSSR count). The van der Waals surface area contributed by atoms with Crippen molar-refractivity contribution in [2.24, 2.45) is 11.1 Å². The molecule has 10 nitrogen and oxygen atoms in total. The zero-order valence-electron chi connectivity index (χ0n) is 23.4. The third-order valence-corrected chi connectivity index (χ3v) is 9.54. The van der Waals surface area contributed by atoms with E-state index in [4.69, 9.17) is 5.14 Å². The number of carbonyl (C=O) groups excluding carboxylic acids is 1. The van der Waals surface area contributed by atoms with Gasteiger partial charge in [0.05, 0.1) is 9.77 Å². The van der Waals surface area contributed by atoms with Crippen LogP contribution in [0.25, 0.3) is 10.4 Å². The van der Waals surface area contributed by atoms with Crippen molar-refractivity contribution in [3.8, 4) is 10.4 Å². The van der Waals surface area contributed by atoms with E-state index < -0.39 is 27.5 Å². The summed E-state index contributed by atoms with van der Waals surface area (Å²) in [5.41, 5.74) is 0.590. The molecule has 0 bridgehead atoms. The molecule has 5 N–H and O–H groups in total. The molecule has 1 amide bonds. The first kappa shape index (κ1) is 31.5. The van der Waals surface area contributed by atoms with Gasteiger partial charge in [0.2, 0.25) is 21.9 Å². The maximum Gasteiger partial charge on any atom is 0.433 e. The van der Waals surface area contributed by atoms with Crippen LogP contribution < -0.4 is 15.8 Å². The molecule has 2 aromatic heterocycles. The zero-order valence-corrected chi connectivity index (χ0v) is 25.1. The second-order valence-electron chi connectivity index (χ2n) is 10.7. The fraction of sp³-hybridized carbons (Fsp3) is 0.310. The summed E-state index contributed by atoms with van der Waals surface area (Å²) in [5, 5.41) is 22.8. The van der Waals surface area contributed by atoms with Gasteiger partial charge in [0.25, 0.3) is 0 Å². The quantitative estimate of drug-likeness (QED) is 0.208. The average molecular weight is 647 g/mol. The molecule has 15 heteroatoms. The van der Waals surface area contributed by atoms with Gasteiger partial charge in [0.1, 0.15) is 16.3 Å². The second-order valence-corrected chi connectivity index (χ2v) is 13.3. The van der Waals surface area contributed by atoms with Crippen LogP contribution in [0.2, 0.25) is 0 Å². The van der Waals surface area contributed by atoms with E-state index >= 15 is 0 Å². The van der Waals surface area contributed by atoms with Gasteiger partial charge >= 0.3 is 6.18 Å². The minimum Gasteiger partial charge on any atom is -0.383 e. The van der Waals surface area contributed by atoms with Crippen LogP contribution in [0.15, 0.2) is 65.8 Å². The molecule has 0 saturated heterocycles. The van der Waals surface area contributed by atoms with Crippen LogP contribution in [-0.4, -0.2) is 34.4 Å². The van der Waals surface area contributed by atoms with Crippen molar-refractivity contribution in [1.29, 1.82) is 0 Å². The van der Waals surface area contributed by atoms with Crippen molar-refractivity contribution in [3.05, 3.63) is 82.8 Å². The Kier molecular flexibility index (Phi) is 8.75. The number of carbonyl (C=O) groups is 1. The molecular formula is C29H29F3N6O4S2. The predicted molar refractivity (Wildman–Crippen MR) is 158 cm³/mol.